The van der Waals surface area contributed by atoms with Gasteiger partial charge in [0.1, 0.15) is 0 Å². The van der Waals surface area contributed by atoms with Gasteiger partial charge in [-0.3, -0.25) is 4.79 Å². The van der Waals surface area contributed by atoms with Crippen molar-refractivity contribution in [1.82, 2.24) is 4.90 Å². The number of piperidine rings is 1. The summed E-state index contributed by atoms with van der Waals surface area (Å²) in [5, 5.41) is 0. The maximum atomic E-state index is 11.5. The average molecular weight is 219 g/mol. The van der Waals surface area contributed by atoms with Crippen LogP contribution in [0.15, 0.2) is 12.7 Å². The van der Waals surface area contributed by atoms with Crippen LogP contribution in [-0.4, -0.2) is 29.9 Å². The molecule has 1 fully saturated rings. The largest absolute Gasteiger partial charge is 0.341 e. The van der Waals surface area contributed by atoms with Gasteiger partial charge in [-0.05, 0) is 25.7 Å². The SMILES string of the molecule is C=CC1CCN(C(=O)[C@@H](C)N)CC1.Cl. The number of carbonyl (C=O) groups excluding carboxylic acids is 1. The number of carbonyl (C=O) groups is 1. The van der Waals surface area contributed by atoms with E-state index >= 15 is 0 Å². The molecule has 1 heterocycles. The molecule has 14 heavy (non-hydrogen) atoms. The van der Waals surface area contributed by atoms with Crippen molar-refractivity contribution in [2.45, 2.75) is 25.8 Å². The maximum Gasteiger partial charge on any atom is 0.239 e. The first-order valence-corrected chi connectivity index (χ1v) is 4.82. The fraction of sp³-hybridized carbons (Fsp3) is 0.700. The molecule has 1 aliphatic heterocycles. The molecule has 2 N–H and O–H groups in total. The van der Waals surface area contributed by atoms with Crippen LogP contribution in [0, 0.1) is 5.92 Å². The molecule has 4 heteroatoms. The molecule has 0 aromatic heterocycles. The summed E-state index contributed by atoms with van der Waals surface area (Å²) in [7, 11) is 0. The van der Waals surface area contributed by atoms with Crippen molar-refractivity contribution in [2.75, 3.05) is 13.1 Å². The molecule has 1 aliphatic rings. The van der Waals surface area contributed by atoms with Gasteiger partial charge in [0.2, 0.25) is 5.91 Å². The Bertz CT molecular complexity index is 198. The highest BCUT2D eigenvalue weighted by molar-refractivity contribution is 5.85. The summed E-state index contributed by atoms with van der Waals surface area (Å²) >= 11 is 0. The summed E-state index contributed by atoms with van der Waals surface area (Å²) in [6.45, 7) is 7.16. The number of amides is 1. The first-order valence-electron chi connectivity index (χ1n) is 4.82. The maximum absolute atomic E-state index is 11.5. The van der Waals surface area contributed by atoms with Gasteiger partial charge in [-0.2, -0.15) is 0 Å². The molecule has 0 unspecified atom stereocenters. The summed E-state index contributed by atoms with van der Waals surface area (Å²) in [5.41, 5.74) is 5.52. The molecule has 0 aromatic carbocycles. The van der Waals surface area contributed by atoms with Crippen molar-refractivity contribution < 1.29 is 4.79 Å². The summed E-state index contributed by atoms with van der Waals surface area (Å²) in [6, 6.07) is -0.361. The Hall–Kier alpha value is -0.540. The van der Waals surface area contributed by atoms with Gasteiger partial charge in [-0.15, -0.1) is 19.0 Å². The van der Waals surface area contributed by atoms with Gasteiger partial charge in [-0.1, -0.05) is 6.08 Å². The molecule has 0 aliphatic carbocycles. The Labute approximate surface area is 91.7 Å². The van der Waals surface area contributed by atoms with E-state index in [0.29, 0.717) is 5.92 Å². The minimum Gasteiger partial charge on any atom is -0.341 e. The van der Waals surface area contributed by atoms with Crippen LogP contribution in [0.25, 0.3) is 0 Å². The molecule has 0 spiro atoms. The number of rotatable bonds is 2. The van der Waals surface area contributed by atoms with Crippen LogP contribution in [0.4, 0.5) is 0 Å². The zero-order valence-corrected chi connectivity index (χ0v) is 9.43. The highest BCUT2D eigenvalue weighted by Gasteiger charge is 2.22. The zero-order valence-electron chi connectivity index (χ0n) is 8.61. The highest BCUT2D eigenvalue weighted by Crippen LogP contribution is 2.17. The molecule has 1 rings (SSSR count). The van der Waals surface area contributed by atoms with E-state index in [1.807, 2.05) is 11.0 Å². The third-order valence-corrected chi connectivity index (χ3v) is 2.57. The van der Waals surface area contributed by atoms with Gasteiger partial charge in [0.25, 0.3) is 0 Å². The van der Waals surface area contributed by atoms with Gasteiger partial charge in [0, 0.05) is 13.1 Å². The fourth-order valence-corrected chi connectivity index (χ4v) is 1.64. The van der Waals surface area contributed by atoms with E-state index in [0.717, 1.165) is 25.9 Å². The molecule has 0 saturated carbocycles. The summed E-state index contributed by atoms with van der Waals surface area (Å²) in [6.07, 6.45) is 4.04. The molecule has 1 amide bonds. The minimum absolute atomic E-state index is 0. The van der Waals surface area contributed by atoms with Crippen molar-refractivity contribution in [3.63, 3.8) is 0 Å². The monoisotopic (exact) mass is 218 g/mol. The van der Waals surface area contributed by atoms with E-state index in [2.05, 4.69) is 6.58 Å². The third kappa shape index (κ3) is 3.31. The van der Waals surface area contributed by atoms with Gasteiger partial charge in [0.15, 0.2) is 0 Å². The lowest BCUT2D eigenvalue weighted by Crippen LogP contribution is -2.45. The van der Waals surface area contributed by atoms with Crippen LogP contribution in [0.1, 0.15) is 19.8 Å². The van der Waals surface area contributed by atoms with E-state index in [4.69, 9.17) is 5.73 Å². The molecular formula is C10H19ClN2O. The Morgan fingerprint density at radius 1 is 1.57 bits per heavy atom. The van der Waals surface area contributed by atoms with E-state index in [1.165, 1.54) is 0 Å². The molecule has 82 valence electrons. The molecular weight excluding hydrogens is 200 g/mol. The Balaban J connectivity index is 0.00000169. The van der Waals surface area contributed by atoms with Crippen molar-refractivity contribution in [3.05, 3.63) is 12.7 Å². The number of hydrogen-bond acceptors (Lipinski definition) is 2. The molecule has 0 radical (unpaired) electrons. The van der Waals surface area contributed by atoms with Crippen molar-refractivity contribution in [2.24, 2.45) is 11.7 Å². The first kappa shape index (κ1) is 13.5. The molecule has 0 aromatic rings. The van der Waals surface area contributed by atoms with Crippen LogP contribution >= 0.6 is 12.4 Å². The lowest BCUT2D eigenvalue weighted by atomic mass is 9.97. The van der Waals surface area contributed by atoms with E-state index in [9.17, 15) is 4.79 Å². The number of nitrogens with two attached hydrogens (primary N) is 1. The second-order valence-electron chi connectivity index (χ2n) is 3.69. The van der Waals surface area contributed by atoms with Crippen molar-refractivity contribution >= 4 is 18.3 Å². The van der Waals surface area contributed by atoms with Gasteiger partial charge in [-0.25, -0.2) is 0 Å². The van der Waals surface area contributed by atoms with E-state index in [-0.39, 0.29) is 24.4 Å². The number of hydrogen-bond donors (Lipinski definition) is 1. The Morgan fingerprint density at radius 2 is 2.07 bits per heavy atom. The first-order chi connectivity index (χ1) is 6.15. The number of likely N-dealkylation sites (tertiary alicyclic amines) is 1. The van der Waals surface area contributed by atoms with Crippen molar-refractivity contribution in [1.29, 1.82) is 0 Å². The fourth-order valence-electron chi connectivity index (χ4n) is 1.64. The molecule has 1 saturated heterocycles. The smallest absolute Gasteiger partial charge is 0.239 e. The van der Waals surface area contributed by atoms with Crippen LogP contribution in [0.3, 0.4) is 0 Å². The second kappa shape index (κ2) is 6.04. The summed E-state index contributed by atoms with van der Waals surface area (Å²) in [4.78, 5) is 13.3. The molecule has 1 atom stereocenters. The predicted molar refractivity (Wildman–Crippen MR) is 60.4 cm³/mol. The predicted octanol–water partition coefficient (Wildman–Crippen LogP) is 1.18. The lowest BCUT2D eigenvalue weighted by Gasteiger charge is -2.31. The van der Waals surface area contributed by atoms with Gasteiger partial charge >= 0.3 is 0 Å². The number of allylic oxidation sites excluding steroid dienone is 1. The normalized spacial score (nSPS) is 19.7. The molecule has 3 nitrogen and oxygen atoms in total. The quantitative estimate of drug-likeness (QED) is 0.708. The third-order valence-electron chi connectivity index (χ3n) is 2.57. The average Bonchev–Trinajstić information content (AvgIpc) is 2.17. The topological polar surface area (TPSA) is 46.3 Å². The standard InChI is InChI=1S/C10H18N2O.ClH/c1-3-9-4-6-12(7-5-9)10(13)8(2)11;/h3,8-9H,1,4-7,11H2,2H3;1H/t8-;/m1./s1. The van der Waals surface area contributed by atoms with Crippen LogP contribution in [0.2, 0.25) is 0 Å². The summed E-state index contributed by atoms with van der Waals surface area (Å²) < 4.78 is 0. The van der Waals surface area contributed by atoms with Crippen molar-refractivity contribution in [3.8, 4) is 0 Å². The van der Waals surface area contributed by atoms with Gasteiger partial charge in [0.05, 0.1) is 6.04 Å². The number of nitrogens with zero attached hydrogens (tertiary/aromatic N) is 1. The second-order valence-corrected chi connectivity index (χ2v) is 3.69. The van der Waals surface area contributed by atoms with Crippen LogP contribution in [0.5, 0.6) is 0 Å². The summed E-state index contributed by atoms with van der Waals surface area (Å²) in [5.74, 6) is 0.652. The van der Waals surface area contributed by atoms with E-state index in [1.54, 1.807) is 6.92 Å². The number of halogens is 1. The minimum atomic E-state index is -0.361. The van der Waals surface area contributed by atoms with Gasteiger partial charge < -0.3 is 10.6 Å². The van der Waals surface area contributed by atoms with Crippen LogP contribution in [-0.2, 0) is 4.79 Å². The highest BCUT2D eigenvalue weighted by atomic mass is 35.5. The van der Waals surface area contributed by atoms with Crippen LogP contribution < -0.4 is 5.73 Å². The molecule has 0 bridgehead atoms. The lowest BCUT2D eigenvalue weighted by molar-refractivity contribution is -0.133. The zero-order chi connectivity index (χ0) is 9.84. The Morgan fingerprint density at radius 3 is 2.43 bits per heavy atom. The Kier molecular flexibility index (Phi) is 5.81. The van der Waals surface area contributed by atoms with E-state index < -0.39 is 0 Å².